The van der Waals surface area contributed by atoms with Crippen molar-refractivity contribution < 1.29 is 16.8 Å². The first-order chi connectivity index (χ1) is 23.4. The van der Waals surface area contributed by atoms with Crippen LogP contribution in [-0.2, 0) is 33.5 Å². The maximum Gasteiger partial charge on any atom is 0.329 e. The number of fused-ring (bicyclic) bond motifs is 3. The van der Waals surface area contributed by atoms with Crippen LogP contribution in [0.3, 0.4) is 0 Å². The lowest BCUT2D eigenvalue weighted by Crippen LogP contribution is -2.38. The van der Waals surface area contributed by atoms with Crippen molar-refractivity contribution in [2.45, 2.75) is 49.4 Å². The number of rotatable bonds is 8. The Kier molecular flexibility index (Phi) is 8.36. The molecule has 10 nitrogen and oxygen atoms in total. The Hall–Kier alpha value is -4.52. The third-order valence-corrected chi connectivity index (χ3v) is 13.0. The number of piperidine rings is 1. The number of sulfone groups is 1. The van der Waals surface area contributed by atoms with Crippen molar-refractivity contribution in [1.29, 1.82) is 0 Å². The predicted molar refractivity (Wildman–Crippen MR) is 194 cm³/mol. The van der Waals surface area contributed by atoms with Crippen molar-refractivity contribution >= 4 is 41.9 Å². The smallest absolute Gasteiger partial charge is 0.299 e. The van der Waals surface area contributed by atoms with Crippen molar-refractivity contribution in [3.8, 4) is 22.4 Å². The van der Waals surface area contributed by atoms with Gasteiger partial charge in [-0.3, -0.25) is 14.0 Å². The Labute approximate surface area is 286 Å². The summed E-state index contributed by atoms with van der Waals surface area (Å²) in [4.78, 5) is 20.8. The topological polar surface area (TPSA) is 116 Å². The fourth-order valence-corrected chi connectivity index (χ4v) is 9.70. The maximum atomic E-state index is 14.7. The lowest BCUT2D eigenvalue weighted by atomic mass is 9.97. The van der Waals surface area contributed by atoms with Crippen LogP contribution < -0.4 is 5.69 Å². The molecular weight excluding hydrogens is 659 g/mol. The number of likely N-dealkylation sites (tertiary alicyclic amines) is 1. The van der Waals surface area contributed by atoms with Crippen LogP contribution in [0.2, 0.25) is 0 Å². The van der Waals surface area contributed by atoms with Gasteiger partial charge in [0.2, 0.25) is 0 Å². The minimum Gasteiger partial charge on any atom is -0.299 e. The summed E-state index contributed by atoms with van der Waals surface area (Å²) in [7, 11) is -5.53. The van der Waals surface area contributed by atoms with E-state index in [9.17, 15) is 21.6 Å². The van der Waals surface area contributed by atoms with Crippen molar-refractivity contribution in [1.82, 2.24) is 23.0 Å². The van der Waals surface area contributed by atoms with Crippen LogP contribution in [0.25, 0.3) is 44.5 Å². The first-order valence-electron chi connectivity index (χ1n) is 16.4. The van der Waals surface area contributed by atoms with E-state index in [-0.39, 0.29) is 27.5 Å². The van der Waals surface area contributed by atoms with Crippen molar-refractivity contribution in [2.24, 2.45) is 7.05 Å². The highest BCUT2D eigenvalue weighted by molar-refractivity contribution is 7.91. The third-order valence-electron chi connectivity index (χ3n) is 9.62. The van der Waals surface area contributed by atoms with Gasteiger partial charge in [0, 0.05) is 31.5 Å². The van der Waals surface area contributed by atoms with E-state index in [1.165, 1.54) is 10.2 Å². The van der Waals surface area contributed by atoms with Crippen molar-refractivity contribution in [3.63, 3.8) is 0 Å². The second kappa shape index (κ2) is 12.4. The molecule has 6 aromatic rings. The van der Waals surface area contributed by atoms with Gasteiger partial charge in [0.1, 0.15) is 9.84 Å². The van der Waals surface area contributed by atoms with Crippen LogP contribution in [0.15, 0.2) is 101 Å². The average molecular weight is 698 g/mol. The number of imidazole rings is 1. The Morgan fingerprint density at radius 1 is 0.837 bits per heavy atom. The minimum atomic E-state index is -4.18. The highest BCUT2D eigenvalue weighted by atomic mass is 32.2. The molecule has 4 heterocycles. The Bertz CT molecular complexity index is 2460. The van der Waals surface area contributed by atoms with E-state index in [4.69, 9.17) is 4.98 Å². The average Bonchev–Trinajstić information content (AvgIpc) is 3.58. The molecule has 0 amide bonds. The SMILES string of the molecule is CC(C)n1c(=O)n(C)c2cnc3c(c(-c4ccccc4)c(-c4ccc(CN5CCC(S(C)(=O)=O)CC5)cc4)n3S(=O)(=O)c3ccccc3)c21. The Morgan fingerprint density at radius 2 is 1.45 bits per heavy atom. The molecule has 1 aliphatic heterocycles. The van der Waals surface area contributed by atoms with E-state index in [2.05, 4.69) is 4.90 Å². The molecule has 0 atom stereocenters. The van der Waals surface area contributed by atoms with E-state index < -0.39 is 19.9 Å². The molecule has 254 valence electrons. The van der Waals surface area contributed by atoms with E-state index in [0.717, 1.165) is 11.1 Å². The summed E-state index contributed by atoms with van der Waals surface area (Å²) in [5.74, 6) is 0. The van der Waals surface area contributed by atoms with Crippen LogP contribution in [0.4, 0.5) is 0 Å². The lowest BCUT2D eigenvalue weighted by molar-refractivity contribution is 0.222. The quantitative estimate of drug-likeness (QED) is 0.196. The highest BCUT2D eigenvalue weighted by Crippen LogP contribution is 2.45. The zero-order valence-electron chi connectivity index (χ0n) is 27.9. The molecule has 0 N–H and O–H groups in total. The number of hydrogen-bond donors (Lipinski definition) is 0. The van der Waals surface area contributed by atoms with Crippen LogP contribution in [-0.4, -0.2) is 64.4 Å². The van der Waals surface area contributed by atoms with Crippen LogP contribution in [0, 0.1) is 0 Å². The van der Waals surface area contributed by atoms with Gasteiger partial charge in [-0.2, -0.15) is 0 Å². The van der Waals surface area contributed by atoms with Crippen molar-refractivity contribution in [2.75, 3.05) is 19.3 Å². The van der Waals surface area contributed by atoms with Crippen LogP contribution in [0.1, 0.15) is 38.3 Å². The van der Waals surface area contributed by atoms with Crippen molar-refractivity contribution in [3.05, 3.63) is 107 Å². The summed E-state index contributed by atoms with van der Waals surface area (Å²) in [6.45, 7) is 5.92. The minimum absolute atomic E-state index is 0.123. The van der Waals surface area contributed by atoms with Crippen LogP contribution in [0.5, 0.6) is 0 Å². The monoisotopic (exact) mass is 697 g/mol. The van der Waals surface area contributed by atoms with Gasteiger partial charge in [-0.25, -0.2) is 30.6 Å². The highest BCUT2D eigenvalue weighted by Gasteiger charge is 2.33. The summed E-state index contributed by atoms with van der Waals surface area (Å²) >= 11 is 0. The van der Waals surface area contributed by atoms with Gasteiger partial charge in [0.05, 0.1) is 38.5 Å². The van der Waals surface area contributed by atoms with Gasteiger partial charge in [-0.1, -0.05) is 72.8 Å². The molecule has 49 heavy (non-hydrogen) atoms. The lowest BCUT2D eigenvalue weighted by Gasteiger charge is -2.31. The second-order valence-corrected chi connectivity index (χ2v) is 17.3. The van der Waals surface area contributed by atoms with Gasteiger partial charge in [0.25, 0.3) is 10.0 Å². The second-order valence-electron chi connectivity index (χ2n) is 13.2. The molecule has 3 aromatic carbocycles. The molecule has 0 bridgehead atoms. The molecule has 0 radical (unpaired) electrons. The van der Waals surface area contributed by atoms with Gasteiger partial charge in [0.15, 0.2) is 5.65 Å². The number of aromatic nitrogens is 4. The standard InChI is InChI=1S/C37H39N5O5S2/c1-25(2)41-35-31(39(3)37(41)43)23-38-36-33(35)32(27-11-7-5-8-12-27)34(42(36)49(46,47)30-13-9-6-10-14-30)28-17-15-26(16-18-28)24-40-21-19-29(20-22-40)48(4,44)45/h5-18,23,25,29H,19-22,24H2,1-4H3. The molecule has 0 aliphatic carbocycles. The van der Waals surface area contributed by atoms with Gasteiger partial charge >= 0.3 is 5.69 Å². The summed E-state index contributed by atoms with van der Waals surface area (Å²) in [6, 6.07) is 25.6. The molecule has 1 aliphatic rings. The molecule has 0 spiro atoms. The molecule has 1 saturated heterocycles. The van der Waals surface area contributed by atoms with E-state index in [0.29, 0.717) is 65.7 Å². The maximum absolute atomic E-state index is 14.7. The van der Waals surface area contributed by atoms with E-state index in [1.807, 2.05) is 68.4 Å². The zero-order chi connectivity index (χ0) is 34.7. The van der Waals surface area contributed by atoms with E-state index >= 15 is 0 Å². The molecule has 3 aromatic heterocycles. The Balaban J connectivity index is 1.48. The van der Waals surface area contributed by atoms with Gasteiger partial charge in [-0.05, 0) is 68.6 Å². The molecule has 1 fully saturated rings. The predicted octanol–water partition coefficient (Wildman–Crippen LogP) is 5.85. The molecule has 7 rings (SSSR count). The first kappa shape index (κ1) is 33.0. The summed E-state index contributed by atoms with van der Waals surface area (Å²) in [6.07, 6.45) is 4.12. The Morgan fingerprint density at radius 3 is 2.04 bits per heavy atom. The number of benzene rings is 3. The number of hydrogen-bond acceptors (Lipinski definition) is 7. The summed E-state index contributed by atoms with van der Waals surface area (Å²) in [5.41, 5.74) is 4.91. The fraction of sp³-hybridized carbons (Fsp3) is 0.297. The first-order valence-corrected chi connectivity index (χ1v) is 19.8. The fourth-order valence-electron chi connectivity index (χ4n) is 7.12. The molecule has 12 heteroatoms. The summed E-state index contributed by atoms with van der Waals surface area (Å²) in [5, 5.41) is 0.287. The third kappa shape index (κ3) is 5.71. The normalized spacial score (nSPS) is 15.1. The zero-order valence-corrected chi connectivity index (χ0v) is 29.6. The van der Waals surface area contributed by atoms with Crippen LogP contribution >= 0.6 is 0 Å². The largest absolute Gasteiger partial charge is 0.329 e. The number of nitrogens with zero attached hydrogens (tertiary/aromatic N) is 5. The summed E-state index contributed by atoms with van der Waals surface area (Å²) < 4.78 is 58.2. The van der Waals surface area contributed by atoms with Gasteiger partial charge < -0.3 is 0 Å². The number of pyridine rings is 1. The molecular formula is C37H39N5O5S2. The van der Waals surface area contributed by atoms with E-state index in [1.54, 1.807) is 52.7 Å². The number of aryl methyl sites for hydroxylation is 1. The molecule has 0 unspecified atom stereocenters. The van der Waals surface area contributed by atoms with Gasteiger partial charge in [-0.15, -0.1) is 0 Å². The molecule has 0 saturated carbocycles.